The molecule has 8 nitrogen and oxygen atoms in total. The van der Waals surface area contributed by atoms with E-state index in [1.807, 2.05) is 18.2 Å². The predicted molar refractivity (Wildman–Crippen MR) is 142 cm³/mol. The number of hydrogen-bond donors (Lipinski definition) is 2. The summed E-state index contributed by atoms with van der Waals surface area (Å²) >= 11 is 6.05. The van der Waals surface area contributed by atoms with Crippen LogP contribution < -0.4 is 20.2 Å². The molecular formula is C28H28ClN3O5. The molecule has 0 heterocycles. The first-order valence-corrected chi connectivity index (χ1v) is 12.2. The Morgan fingerprint density at radius 3 is 2.43 bits per heavy atom. The highest BCUT2D eigenvalue weighted by molar-refractivity contribution is 6.33. The van der Waals surface area contributed by atoms with Gasteiger partial charge in [0.15, 0.2) is 11.5 Å². The molecule has 0 aliphatic carbocycles. The maximum Gasteiger partial charge on any atom is 0.345 e. The van der Waals surface area contributed by atoms with Gasteiger partial charge >= 0.3 is 5.97 Å². The number of hydrogen-bond acceptors (Lipinski definition) is 6. The Morgan fingerprint density at radius 2 is 1.68 bits per heavy atom. The standard InChI is InChI=1S/C28H28ClN3O5/c1-36-25-18-20(15-16-24(25)37-28(35)22-12-7-8-13-23(22)29)19-31-32-26(33)14-6-3-9-17-30-27(34)21-10-4-2-5-11-21/h2,4-5,7-8,10-13,15-16,18-19H,3,6,9,14,17H2,1H3,(H,30,34)(H,32,33). The van der Waals surface area contributed by atoms with Crippen molar-refractivity contribution in [3.8, 4) is 11.5 Å². The number of hydrazone groups is 1. The molecule has 3 rings (SSSR count). The summed E-state index contributed by atoms with van der Waals surface area (Å²) in [5.41, 5.74) is 4.01. The zero-order chi connectivity index (χ0) is 26.5. The van der Waals surface area contributed by atoms with Gasteiger partial charge in [-0.15, -0.1) is 0 Å². The molecule has 0 fully saturated rings. The first-order valence-electron chi connectivity index (χ1n) is 11.8. The van der Waals surface area contributed by atoms with Crippen LogP contribution in [0.1, 0.15) is 52.0 Å². The topological polar surface area (TPSA) is 106 Å². The minimum atomic E-state index is -0.601. The van der Waals surface area contributed by atoms with Crippen molar-refractivity contribution in [2.45, 2.75) is 25.7 Å². The lowest BCUT2D eigenvalue weighted by Crippen LogP contribution is -2.24. The lowest BCUT2D eigenvalue weighted by Gasteiger charge is -2.10. The Bertz CT molecular complexity index is 1250. The monoisotopic (exact) mass is 521 g/mol. The van der Waals surface area contributed by atoms with Gasteiger partial charge in [-0.2, -0.15) is 5.10 Å². The summed E-state index contributed by atoms with van der Waals surface area (Å²) in [6, 6.07) is 20.5. The molecule has 0 atom stereocenters. The lowest BCUT2D eigenvalue weighted by atomic mass is 10.2. The van der Waals surface area contributed by atoms with Crippen molar-refractivity contribution >= 4 is 35.6 Å². The summed E-state index contributed by atoms with van der Waals surface area (Å²) in [6.45, 7) is 0.555. The van der Waals surface area contributed by atoms with Crippen molar-refractivity contribution in [1.29, 1.82) is 0 Å². The van der Waals surface area contributed by atoms with Gasteiger partial charge in [-0.05, 0) is 60.9 Å². The second-order valence-corrected chi connectivity index (χ2v) is 8.41. The van der Waals surface area contributed by atoms with Crippen molar-refractivity contribution in [2.24, 2.45) is 5.10 Å². The van der Waals surface area contributed by atoms with Crippen LogP contribution in [0.3, 0.4) is 0 Å². The molecule has 2 amide bonds. The smallest absolute Gasteiger partial charge is 0.345 e. The molecule has 0 aromatic heterocycles. The molecule has 3 aromatic rings. The molecule has 3 aromatic carbocycles. The summed E-state index contributed by atoms with van der Waals surface area (Å²) in [5.74, 6) is -0.349. The number of rotatable bonds is 12. The molecule has 37 heavy (non-hydrogen) atoms. The van der Waals surface area contributed by atoms with Crippen LogP contribution in [0.25, 0.3) is 0 Å². The van der Waals surface area contributed by atoms with E-state index in [0.29, 0.717) is 41.3 Å². The summed E-state index contributed by atoms with van der Waals surface area (Å²) in [5, 5.41) is 7.14. The molecule has 0 spiro atoms. The number of nitrogens with zero attached hydrogens (tertiary/aromatic N) is 1. The number of esters is 1. The molecule has 9 heteroatoms. The third kappa shape index (κ3) is 8.77. The van der Waals surface area contributed by atoms with Gasteiger partial charge in [-0.1, -0.05) is 48.4 Å². The van der Waals surface area contributed by atoms with E-state index in [1.165, 1.54) is 13.3 Å². The molecule has 192 valence electrons. The van der Waals surface area contributed by atoms with Crippen molar-refractivity contribution in [3.05, 3.63) is 94.5 Å². The second-order valence-electron chi connectivity index (χ2n) is 8.01. The fraction of sp³-hybridized carbons (Fsp3) is 0.214. The average Bonchev–Trinajstić information content (AvgIpc) is 2.91. The van der Waals surface area contributed by atoms with E-state index in [-0.39, 0.29) is 23.1 Å². The molecule has 0 unspecified atom stereocenters. The van der Waals surface area contributed by atoms with Crippen molar-refractivity contribution in [1.82, 2.24) is 10.7 Å². The Balaban J connectivity index is 1.38. The molecule has 0 aliphatic rings. The van der Waals surface area contributed by atoms with E-state index >= 15 is 0 Å². The number of benzene rings is 3. The summed E-state index contributed by atoms with van der Waals surface area (Å²) in [4.78, 5) is 36.4. The molecule has 0 saturated heterocycles. The van der Waals surface area contributed by atoms with Crippen molar-refractivity contribution in [2.75, 3.05) is 13.7 Å². The molecule has 0 aliphatic heterocycles. The maximum absolute atomic E-state index is 12.4. The summed E-state index contributed by atoms with van der Waals surface area (Å²) in [7, 11) is 1.46. The van der Waals surface area contributed by atoms with Gasteiger partial charge in [-0.3, -0.25) is 9.59 Å². The van der Waals surface area contributed by atoms with Gasteiger partial charge in [0, 0.05) is 18.5 Å². The third-order valence-electron chi connectivity index (χ3n) is 5.29. The molecule has 2 N–H and O–H groups in total. The predicted octanol–water partition coefficient (Wildman–Crippen LogP) is 5.01. The minimum absolute atomic E-state index is 0.101. The number of amides is 2. The van der Waals surface area contributed by atoms with Crippen LogP contribution in [-0.4, -0.2) is 37.7 Å². The third-order valence-corrected chi connectivity index (χ3v) is 5.62. The van der Waals surface area contributed by atoms with Crippen LogP contribution >= 0.6 is 11.6 Å². The highest BCUT2D eigenvalue weighted by atomic mass is 35.5. The number of methoxy groups -OCH3 is 1. The quantitative estimate of drug-likeness (QED) is 0.115. The van der Waals surface area contributed by atoms with Crippen LogP contribution in [0.4, 0.5) is 0 Å². The summed E-state index contributed by atoms with van der Waals surface area (Å²) < 4.78 is 10.7. The Morgan fingerprint density at radius 1 is 0.919 bits per heavy atom. The first-order chi connectivity index (χ1) is 18.0. The first kappa shape index (κ1) is 27.4. The zero-order valence-electron chi connectivity index (χ0n) is 20.4. The number of carbonyl (C=O) groups is 3. The minimum Gasteiger partial charge on any atom is -0.493 e. The number of carbonyl (C=O) groups excluding carboxylic acids is 3. The van der Waals surface area contributed by atoms with Gasteiger partial charge in [0.05, 0.1) is 23.9 Å². The van der Waals surface area contributed by atoms with Gasteiger partial charge in [0.25, 0.3) is 5.91 Å². The molecule has 0 bridgehead atoms. The lowest BCUT2D eigenvalue weighted by molar-refractivity contribution is -0.121. The second kappa shape index (κ2) is 14.4. The van der Waals surface area contributed by atoms with Gasteiger partial charge in [-0.25, -0.2) is 10.2 Å². The van der Waals surface area contributed by atoms with Crippen molar-refractivity contribution < 1.29 is 23.9 Å². The SMILES string of the molecule is COc1cc(C=NNC(=O)CCCCCNC(=O)c2ccccc2)ccc1OC(=O)c1ccccc1Cl. The fourth-order valence-electron chi connectivity index (χ4n) is 3.35. The summed E-state index contributed by atoms with van der Waals surface area (Å²) in [6.07, 6.45) is 4.06. The number of unbranched alkanes of at least 4 members (excludes halogenated alkanes) is 2. The molecular weight excluding hydrogens is 494 g/mol. The maximum atomic E-state index is 12.4. The van der Waals surface area contributed by atoms with E-state index in [9.17, 15) is 14.4 Å². The van der Waals surface area contributed by atoms with E-state index in [0.717, 1.165) is 12.8 Å². The van der Waals surface area contributed by atoms with Gasteiger partial charge < -0.3 is 14.8 Å². The van der Waals surface area contributed by atoms with Crippen molar-refractivity contribution in [3.63, 3.8) is 0 Å². The number of ether oxygens (including phenoxy) is 2. The van der Waals surface area contributed by atoms with E-state index < -0.39 is 5.97 Å². The van der Waals surface area contributed by atoms with Crippen LogP contribution in [0, 0.1) is 0 Å². The highest BCUT2D eigenvalue weighted by Gasteiger charge is 2.15. The number of nitrogens with one attached hydrogen (secondary N) is 2. The Kier molecular flexibility index (Phi) is 10.7. The molecule has 0 radical (unpaired) electrons. The van der Waals surface area contributed by atoms with Gasteiger partial charge in [0.2, 0.25) is 5.91 Å². The fourth-order valence-corrected chi connectivity index (χ4v) is 3.56. The zero-order valence-corrected chi connectivity index (χ0v) is 21.2. The molecule has 0 saturated carbocycles. The van der Waals surface area contributed by atoms with Crippen LogP contribution in [0.5, 0.6) is 11.5 Å². The van der Waals surface area contributed by atoms with Crippen LogP contribution in [-0.2, 0) is 4.79 Å². The van der Waals surface area contributed by atoms with E-state index in [2.05, 4.69) is 15.8 Å². The number of halogens is 1. The normalized spacial score (nSPS) is 10.6. The average molecular weight is 522 g/mol. The highest BCUT2D eigenvalue weighted by Crippen LogP contribution is 2.29. The van der Waals surface area contributed by atoms with Crippen LogP contribution in [0.15, 0.2) is 77.9 Å². The van der Waals surface area contributed by atoms with Crippen LogP contribution in [0.2, 0.25) is 5.02 Å². The Labute approximate surface area is 220 Å². The largest absolute Gasteiger partial charge is 0.493 e. The van der Waals surface area contributed by atoms with Gasteiger partial charge in [0.1, 0.15) is 0 Å². The Hall–Kier alpha value is -4.17. The van der Waals surface area contributed by atoms with E-state index in [1.54, 1.807) is 54.6 Å². The van der Waals surface area contributed by atoms with E-state index in [4.69, 9.17) is 21.1 Å².